The summed E-state index contributed by atoms with van der Waals surface area (Å²) in [6.07, 6.45) is 2.59. The number of hydrogen-bond donors (Lipinski definition) is 2. The van der Waals surface area contributed by atoms with E-state index in [4.69, 9.17) is 5.11 Å². The first-order valence-electron chi connectivity index (χ1n) is 6.31. The van der Waals surface area contributed by atoms with E-state index in [2.05, 4.69) is 4.98 Å². The van der Waals surface area contributed by atoms with Crippen molar-refractivity contribution in [1.82, 2.24) is 9.88 Å². The molecule has 1 aliphatic heterocycles. The molecule has 2 rings (SSSR count). The third-order valence-corrected chi connectivity index (χ3v) is 3.45. The lowest BCUT2D eigenvalue weighted by Gasteiger charge is -2.15. The van der Waals surface area contributed by atoms with Crippen LogP contribution >= 0.6 is 0 Å². The zero-order chi connectivity index (χ0) is 14.7. The molecule has 0 spiro atoms. The Morgan fingerprint density at radius 1 is 1.55 bits per heavy atom. The van der Waals surface area contributed by atoms with E-state index in [1.807, 2.05) is 0 Å². The fraction of sp³-hybridized carbons (Fsp3) is 0.500. The smallest absolute Gasteiger partial charge is 0.303 e. The van der Waals surface area contributed by atoms with Crippen molar-refractivity contribution in [1.29, 1.82) is 0 Å². The highest BCUT2D eigenvalue weighted by Gasteiger charge is 2.28. The summed E-state index contributed by atoms with van der Waals surface area (Å²) >= 11 is 0. The minimum atomic E-state index is -0.838. The normalized spacial score (nSPS) is 18.2. The molecule has 20 heavy (non-hydrogen) atoms. The summed E-state index contributed by atoms with van der Waals surface area (Å²) in [6, 6.07) is 1.22. The van der Waals surface area contributed by atoms with Crippen LogP contribution < -0.4 is 0 Å². The molecule has 0 saturated carbocycles. The van der Waals surface area contributed by atoms with Crippen molar-refractivity contribution >= 4 is 17.6 Å². The number of aromatic nitrogens is 1. The second-order valence-corrected chi connectivity index (χ2v) is 4.87. The molecule has 1 unspecified atom stereocenters. The molecule has 1 aliphatic rings. The lowest BCUT2D eigenvalue weighted by atomic mass is 10.0. The number of rotatable bonds is 5. The van der Waals surface area contributed by atoms with E-state index in [9.17, 15) is 19.7 Å². The van der Waals surface area contributed by atoms with Gasteiger partial charge in [0.1, 0.15) is 5.69 Å². The highest BCUT2D eigenvalue weighted by molar-refractivity contribution is 5.93. The Hall–Kier alpha value is -2.38. The van der Waals surface area contributed by atoms with Gasteiger partial charge in [-0.25, -0.2) is 0 Å². The second-order valence-electron chi connectivity index (χ2n) is 4.87. The van der Waals surface area contributed by atoms with Crippen LogP contribution in [0.2, 0.25) is 0 Å². The van der Waals surface area contributed by atoms with Gasteiger partial charge in [-0.1, -0.05) is 0 Å². The molecule has 108 valence electrons. The standard InChI is InChI=1S/C12H15N3O5/c16-11(17)2-1-8-3-4-14(7-8)12(18)10-5-9(6-13-10)15(19)20/h5-6,8,13H,1-4,7H2,(H,16,17). The molecule has 0 radical (unpaired) electrons. The number of hydrogen-bond acceptors (Lipinski definition) is 4. The van der Waals surface area contributed by atoms with Gasteiger partial charge in [0, 0.05) is 25.6 Å². The minimum Gasteiger partial charge on any atom is -0.481 e. The molecule has 0 aromatic carbocycles. The molecule has 1 amide bonds. The van der Waals surface area contributed by atoms with Gasteiger partial charge >= 0.3 is 5.97 Å². The first kappa shape index (κ1) is 14.0. The minimum absolute atomic E-state index is 0.0979. The summed E-state index contributed by atoms with van der Waals surface area (Å²) in [5, 5.41) is 19.2. The predicted molar refractivity (Wildman–Crippen MR) is 68.3 cm³/mol. The average Bonchev–Trinajstić information content (AvgIpc) is 3.05. The number of carboxylic acid groups (broad SMARTS) is 1. The van der Waals surface area contributed by atoms with Crippen molar-refractivity contribution in [3.05, 3.63) is 28.1 Å². The maximum atomic E-state index is 12.1. The Kier molecular flexibility index (Phi) is 4.02. The number of H-pyrrole nitrogens is 1. The molecule has 0 bridgehead atoms. The number of nitrogens with zero attached hydrogens (tertiary/aromatic N) is 2. The van der Waals surface area contributed by atoms with Crippen LogP contribution in [0.4, 0.5) is 5.69 Å². The molecule has 8 heteroatoms. The lowest BCUT2D eigenvalue weighted by molar-refractivity contribution is -0.384. The van der Waals surface area contributed by atoms with Crippen LogP contribution in [-0.2, 0) is 4.79 Å². The molecular formula is C12H15N3O5. The zero-order valence-electron chi connectivity index (χ0n) is 10.7. The number of carbonyl (C=O) groups excluding carboxylic acids is 1. The molecule has 8 nitrogen and oxygen atoms in total. The molecular weight excluding hydrogens is 266 g/mol. The van der Waals surface area contributed by atoms with Gasteiger partial charge in [0.2, 0.25) is 0 Å². The van der Waals surface area contributed by atoms with E-state index in [-0.39, 0.29) is 29.6 Å². The van der Waals surface area contributed by atoms with Crippen molar-refractivity contribution in [2.24, 2.45) is 5.92 Å². The van der Waals surface area contributed by atoms with E-state index in [0.717, 1.165) is 6.42 Å². The van der Waals surface area contributed by atoms with E-state index in [0.29, 0.717) is 19.5 Å². The lowest BCUT2D eigenvalue weighted by Crippen LogP contribution is -2.29. The number of aliphatic carboxylic acids is 1. The number of carboxylic acids is 1. The molecule has 1 aromatic rings. The largest absolute Gasteiger partial charge is 0.481 e. The summed E-state index contributed by atoms with van der Waals surface area (Å²) < 4.78 is 0. The maximum absolute atomic E-state index is 12.1. The van der Waals surface area contributed by atoms with Gasteiger partial charge in [-0.15, -0.1) is 0 Å². The summed E-state index contributed by atoms with van der Waals surface area (Å²) in [4.78, 5) is 36.8. The Labute approximate surface area is 114 Å². The highest BCUT2D eigenvalue weighted by Crippen LogP contribution is 2.23. The number of carbonyl (C=O) groups is 2. The fourth-order valence-electron chi connectivity index (χ4n) is 2.36. The summed E-state index contributed by atoms with van der Waals surface area (Å²) in [6.45, 7) is 1.05. The van der Waals surface area contributed by atoms with Crippen molar-refractivity contribution in [2.45, 2.75) is 19.3 Å². The van der Waals surface area contributed by atoms with E-state index in [1.165, 1.54) is 12.3 Å². The van der Waals surface area contributed by atoms with Crippen LogP contribution in [0.25, 0.3) is 0 Å². The molecule has 2 N–H and O–H groups in total. The van der Waals surface area contributed by atoms with Crippen molar-refractivity contribution in [3.8, 4) is 0 Å². The average molecular weight is 281 g/mol. The van der Waals surface area contributed by atoms with Gasteiger partial charge in [-0.3, -0.25) is 19.7 Å². The molecule has 2 heterocycles. The Morgan fingerprint density at radius 2 is 2.30 bits per heavy atom. The van der Waals surface area contributed by atoms with Gasteiger partial charge in [0.25, 0.3) is 11.6 Å². The van der Waals surface area contributed by atoms with E-state index >= 15 is 0 Å². The quantitative estimate of drug-likeness (QED) is 0.622. The number of likely N-dealkylation sites (tertiary alicyclic amines) is 1. The van der Waals surface area contributed by atoms with Crippen LogP contribution in [0.5, 0.6) is 0 Å². The zero-order valence-corrected chi connectivity index (χ0v) is 10.7. The monoisotopic (exact) mass is 281 g/mol. The van der Waals surface area contributed by atoms with Crippen LogP contribution in [-0.4, -0.2) is 44.9 Å². The van der Waals surface area contributed by atoms with Gasteiger partial charge in [0.05, 0.1) is 11.1 Å². The molecule has 0 aliphatic carbocycles. The van der Waals surface area contributed by atoms with Gasteiger partial charge in [-0.2, -0.15) is 0 Å². The van der Waals surface area contributed by atoms with Crippen LogP contribution in [0.3, 0.4) is 0 Å². The summed E-state index contributed by atoms with van der Waals surface area (Å²) in [5.41, 5.74) is 0.0468. The van der Waals surface area contributed by atoms with Crippen molar-refractivity contribution < 1.29 is 19.6 Å². The molecule has 1 saturated heterocycles. The first-order chi connectivity index (χ1) is 9.47. The summed E-state index contributed by atoms with van der Waals surface area (Å²) in [5.74, 6) is -0.939. The number of nitrogens with one attached hydrogen (secondary N) is 1. The maximum Gasteiger partial charge on any atom is 0.303 e. The van der Waals surface area contributed by atoms with Gasteiger partial charge in [-0.05, 0) is 18.8 Å². The van der Waals surface area contributed by atoms with Crippen molar-refractivity contribution in [2.75, 3.05) is 13.1 Å². The van der Waals surface area contributed by atoms with Crippen LogP contribution in [0.1, 0.15) is 29.8 Å². The fourth-order valence-corrected chi connectivity index (χ4v) is 2.36. The third kappa shape index (κ3) is 3.14. The third-order valence-electron chi connectivity index (χ3n) is 3.45. The molecule has 1 aromatic heterocycles. The van der Waals surface area contributed by atoms with Crippen LogP contribution in [0, 0.1) is 16.0 Å². The highest BCUT2D eigenvalue weighted by atomic mass is 16.6. The van der Waals surface area contributed by atoms with Crippen molar-refractivity contribution in [3.63, 3.8) is 0 Å². The topological polar surface area (TPSA) is 117 Å². The van der Waals surface area contributed by atoms with Crippen LogP contribution in [0.15, 0.2) is 12.3 Å². The molecule has 1 fully saturated rings. The molecule has 1 atom stereocenters. The van der Waals surface area contributed by atoms with Gasteiger partial charge < -0.3 is 15.0 Å². The Bertz CT molecular complexity index is 539. The first-order valence-corrected chi connectivity index (χ1v) is 6.31. The Balaban J connectivity index is 1.93. The predicted octanol–water partition coefficient (Wildman–Crippen LogP) is 1.25. The Morgan fingerprint density at radius 3 is 2.90 bits per heavy atom. The van der Waals surface area contributed by atoms with E-state index < -0.39 is 10.9 Å². The second kappa shape index (κ2) is 5.72. The number of aromatic amines is 1. The SMILES string of the molecule is O=C(O)CCC1CCN(C(=O)c2cc([N+](=O)[O-])c[nH]2)C1. The van der Waals surface area contributed by atoms with E-state index in [1.54, 1.807) is 4.90 Å². The summed E-state index contributed by atoms with van der Waals surface area (Å²) in [7, 11) is 0. The van der Waals surface area contributed by atoms with Gasteiger partial charge in [0.15, 0.2) is 0 Å². The number of nitro groups is 1. The number of amides is 1.